The first-order valence-corrected chi connectivity index (χ1v) is 6.40. The van der Waals surface area contributed by atoms with Gasteiger partial charge in [0.05, 0.1) is 0 Å². The molecule has 0 saturated carbocycles. The highest BCUT2D eigenvalue weighted by Gasteiger charge is 2.09. The Bertz CT molecular complexity index is 477. The Morgan fingerprint density at radius 3 is 2.76 bits per heavy atom. The number of benzene rings is 1. The maximum Gasteiger partial charge on any atom is 0.222 e. The van der Waals surface area contributed by atoms with E-state index in [9.17, 15) is 0 Å². The first-order valence-electron chi connectivity index (χ1n) is 6.40. The molecule has 2 rings (SSSR count). The number of allylic oxidation sites excluding steroid dienone is 2. The Balaban J connectivity index is 2.34. The topological polar surface area (TPSA) is 26.0 Å². The third-order valence-electron chi connectivity index (χ3n) is 2.77. The predicted octanol–water partition coefficient (Wildman–Crippen LogP) is 4.81. The van der Waals surface area contributed by atoms with Gasteiger partial charge >= 0.3 is 0 Å². The fraction of sp³-hybridized carbons (Fsp3) is 0.400. The zero-order valence-corrected chi connectivity index (χ0v) is 10.6. The Labute approximate surface area is 102 Å². The van der Waals surface area contributed by atoms with Crippen LogP contribution in [0.1, 0.15) is 45.4 Å². The monoisotopic (exact) mass is 229 g/mol. The van der Waals surface area contributed by atoms with E-state index < -0.39 is 0 Å². The van der Waals surface area contributed by atoms with Crippen LogP contribution in [0, 0.1) is 0 Å². The third kappa shape index (κ3) is 2.76. The van der Waals surface area contributed by atoms with Gasteiger partial charge in [-0.1, -0.05) is 44.9 Å². The van der Waals surface area contributed by atoms with Crippen LogP contribution in [0.5, 0.6) is 0 Å². The molecule has 0 aliphatic carbocycles. The van der Waals surface area contributed by atoms with E-state index in [-0.39, 0.29) is 0 Å². The van der Waals surface area contributed by atoms with Gasteiger partial charge in [0, 0.05) is 5.57 Å². The standard InChI is InChI=1S/C15H19NO/c1-3-5-9-12(8-4-2)15-16-13-10-6-7-11-14(13)17-15/h6-7,9-11H,3-5,8H2,1-2H3/b12-9+. The molecular weight excluding hydrogens is 210 g/mol. The highest BCUT2D eigenvalue weighted by atomic mass is 16.3. The van der Waals surface area contributed by atoms with Gasteiger partial charge in [0.25, 0.3) is 0 Å². The zero-order valence-electron chi connectivity index (χ0n) is 10.6. The maximum atomic E-state index is 5.80. The average molecular weight is 229 g/mol. The van der Waals surface area contributed by atoms with Crippen molar-refractivity contribution in [1.82, 2.24) is 4.98 Å². The molecule has 0 spiro atoms. The highest BCUT2D eigenvalue weighted by Crippen LogP contribution is 2.24. The summed E-state index contributed by atoms with van der Waals surface area (Å²) in [5.41, 5.74) is 3.06. The number of nitrogens with zero attached hydrogens (tertiary/aromatic N) is 1. The van der Waals surface area contributed by atoms with E-state index in [0.717, 1.165) is 42.7 Å². The number of aromatic nitrogens is 1. The molecule has 0 radical (unpaired) electrons. The van der Waals surface area contributed by atoms with E-state index in [1.807, 2.05) is 24.3 Å². The number of rotatable bonds is 5. The van der Waals surface area contributed by atoms with Gasteiger partial charge in [-0.15, -0.1) is 0 Å². The lowest BCUT2D eigenvalue weighted by molar-refractivity contribution is 0.579. The molecule has 17 heavy (non-hydrogen) atoms. The largest absolute Gasteiger partial charge is 0.436 e. The van der Waals surface area contributed by atoms with Crippen molar-refractivity contribution >= 4 is 16.7 Å². The minimum absolute atomic E-state index is 0.793. The normalized spacial score (nSPS) is 12.2. The van der Waals surface area contributed by atoms with Crippen LogP contribution in [0.2, 0.25) is 0 Å². The number of hydrogen-bond donors (Lipinski definition) is 0. The summed E-state index contributed by atoms with van der Waals surface area (Å²) < 4.78 is 5.80. The van der Waals surface area contributed by atoms with Gasteiger partial charge in [-0.3, -0.25) is 0 Å². The van der Waals surface area contributed by atoms with Gasteiger partial charge in [-0.25, -0.2) is 4.98 Å². The molecule has 2 aromatic rings. The molecule has 0 N–H and O–H groups in total. The van der Waals surface area contributed by atoms with Crippen LogP contribution in [0.25, 0.3) is 16.7 Å². The summed E-state index contributed by atoms with van der Waals surface area (Å²) in [6.45, 7) is 4.37. The van der Waals surface area contributed by atoms with Gasteiger partial charge in [0.2, 0.25) is 5.89 Å². The minimum Gasteiger partial charge on any atom is -0.436 e. The van der Waals surface area contributed by atoms with E-state index in [2.05, 4.69) is 24.9 Å². The van der Waals surface area contributed by atoms with Gasteiger partial charge in [-0.2, -0.15) is 0 Å². The maximum absolute atomic E-state index is 5.80. The molecule has 2 nitrogen and oxygen atoms in total. The Morgan fingerprint density at radius 2 is 2.06 bits per heavy atom. The Hall–Kier alpha value is -1.57. The van der Waals surface area contributed by atoms with E-state index in [1.165, 1.54) is 5.57 Å². The summed E-state index contributed by atoms with van der Waals surface area (Å²) in [6.07, 6.45) is 6.66. The predicted molar refractivity (Wildman–Crippen MR) is 71.8 cm³/mol. The average Bonchev–Trinajstić information content (AvgIpc) is 2.78. The van der Waals surface area contributed by atoms with Crippen LogP contribution >= 0.6 is 0 Å². The molecule has 0 amide bonds. The quantitative estimate of drug-likeness (QED) is 0.735. The van der Waals surface area contributed by atoms with Crippen molar-refractivity contribution < 1.29 is 4.42 Å². The van der Waals surface area contributed by atoms with Gasteiger partial charge in [-0.05, 0) is 25.0 Å². The van der Waals surface area contributed by atoms with Gasteiger partial charge in [0.15, 0.2) is 5.58 Å². The van der Waals surface area contributed by atoms with E-state index in [1.54, 1.807) is 0 Å². The second kappa shape index (κ2) is 5.67. The molecule has 1 aromatic heterocycles. The molecule has 0 fully saturated rings. The molecule has 1 aromatic carbocycles. The fourth-order valence-electron chi connectivity index (χ4n) is 1.89. The fourth-order valence-corrected chi connectivity index (χ4v) is 1.89. The lowest BCUT2D eigenvalue weighted by Crippen LogP contribution is -1.84. The van der Waals surface area contributed by atoms with E-state index in [0.29, 0.717) is 0 Å². The molecular formula is C15H19NO. The van der Waals surface area contributed by atoms with Crippen LogP contribution in [0.15, 0.2) is 34.8 Å². The Morgan fingerprint density at radius 1 is 1.24 bits per heavy atom. The molecule has 0 atom stereocenters. The van der Waals surface area contributed by atoms with Gasteiger partial charge < -0.3 is 4.42 Å². The molecule has 1 heterocycles. The summed E-state index contributed by atoms with van der Waals surface area (Å²) in [5.74, 6) is 0.793. The minimum atomic E-state index is 0.793. The molecule has 90 valence electrons. The number of fused-ring (bicyclic) bond motifs is 1. The molecule has 0 unspecified atom stereocenters. The number of hydrogen-bond acceptors (Lipinski definition) is 2. The summed E-state index contributed by atoms with van der Waals surface area (Å²) in [5, 5.41) is 0. The number of unbranched alkanes of at least 4 members (excludes halogenated alkanes) is 1. The van der Waals surface area contributed by atoms with Crippen molar-refractivity contribution in [3.8, 4) is 0 Å². The molecule has 2 heteroatoms. The van der Waals surface area contributed by atoms with Crippen molar-refractivity contribution in [3.05, 3.63) is 36.2 Å². The highest BCUT2D eigenvalue weighted by molar-refractivity contribution is 5.75. The van der Waals surface area contributed by atoms with Crippen LogP contribution < -0.4 is 0 Å². The lowest BCUT2D eigenvalue weighted by atomic mass is 10.1. The second-order valence-electron chi connectivity index (χ2n) is 4.25. The lowest BCUT2D eigenvalue weighted by Gasteiger charge is -2.00. The van der Waals surface area contributed by atoms with Crippen molar-refractivity contribution in [2.75, 3.05) is 0 Å². The third-order valence-corrected chi connectivity index (χ3v) is 2.77. The summed E-state index contributed by atoms with van der Waals surface area (Å²) in [4.78, 5) is 4.55. The number of oxazole rings is 1. The van der Waals surface area contributed by atoms with Crippen molar-refractivity contribution in [3.63, 3.8) is 0 Å². The molecule has 0 aliphatic rings. The molecule has 0 saturated heterocycles. The molecule has 0 bridgehead atoms. The van der Waals surface area contributed by atoms with Crippen LogP contribution in [-0.4, -0.2) is 4.98 Å². The summed E-state index contributed by atoms with van der Waals surface area (Å²) in [6, 6.07) is 7.93. The first kappa shape index (κ1) is 11.9. The zero-order chi connectivity index (χ0) is 12.1. The van der Waals surface area contributed by atoms with Crippen LogP contribution in [-0.2, 0) is 0 Å². The first-order chi connectivity index (χ1) is 8.35. The van der Waals surface area contributed by atoms with Crippen molar-refractivity contribution in [2.24, 2.45) is 0 Å². The number of para-hydroxylation sites is 2. The summed E-state index contributed by atoms with van der Waals surface area (Å²) >= 11 is 0. The van der Waals surface area contributed by atoms with Gasteiger partial charge in [0.1, 0.15) is 5.52 Å². The molecule has 0 aliphatic heterocycles. The van der Waals surface area contributed by atoms with Crippen LogP contribution in [0.3, 0.4) is 0 Å². The van der Waals surface area contributed by atoms with E-state index in [4.69, 9.17) is 4.42 Å². The van der Waals surface area contributed by atoms with Crippen molar-refractivity contribution in [1.29, 1.82) is 0 Å². The second-order valence-corrected chi connectivity index (χ2v) is 4.25. The summed E-state index contributed by atoms with van der Waals surface area (Å²) in [7, 11) is 0. The SMILES string of the molecule is CCC/C=C(\CCC)c1nc2ccccc2o1. The Kier molecular flexibility index (Phi) is 3.97. The van der Waals surface area contributed by atoms with Crippen molar-refractivity contribution in [2.45, 2.75) is 39.5 Å². The van der Waals surface area contributed by atoms with E-state index >= 15 is 0 Å². The van der Waals surface area contributed by atoms with Crippen LogP contribution in [0.4, 0.5) is 0 Å². The smallest absolute Gasteiger partial charge is 0.222 e.